The summed E-state index contributed by atoms with van der Waals surface area (Å²) in [7, 11) is 0. The quantitative estimate of drug-likeness (QED) is 0.701. The van der Waals surface area contributed by atoms with Crippen LogP contribution in [0.5, 0.6) is 5.88 Å². The number of hydrogen-bond acceptors (Lipinski definition) is 4. The number of unbranched alkanes of at least 4 members (excludes halogenated alkanes) is 1. The molecule has 15 heavy (non-hydrogen) atoms. The zero-order valence-electron chi connectivity index (χ0n) is 9.49. The van der Waals surface area contributed by atoms with E-state index in [-0.39, 0.29) is 0 Å². The van der Waals surface area contributed by atoms with Gasteiger partial charge in [0.1, 0.15) is 12.1 Å². The Labute approximate surface area is 91.1 Å². The van der Waals surface area contributed by atoms with Gasteiger partial charge >= 0.3 is 0 Å². The molecule has 0 aromatic carbocycles. The lowest BCUT2D eigenvalue weighted by atomic mass is 10.4. The second-order valence-electron chi connectivity index (χ2n) is 3.37. The van der Waals surface area contributed by atoms with Gasteiger partial charge in [-0.25, -0.2) is 9.97 Å². The summed E-state index contributed by atoms with van der Waals surface area (Å²) in [6, 6.07) is 1.84. The first-order valence-corrected chi connectivity index (χ1v) is 5.55. The summed E-state index contributed by atoms with van der Waals surface area (Å²) in [5, 5.41) is 3.19. The molecule has 0 spiro atoms. The number of nitrogens with zero attached hydrogens (tertiary/aromatic N) is 2. The van der Waals surface area contributed by atoms with Crippen molar-refractivity contribution in [3.63, 3.8) is 0 Å². The maximum absolute atomic E-state index is 5.48. The first kappa shape index (κ1) is 11.8. The second-order valence-corrected chi connectivity index (χ2v) is 3.37. The summed E-state index contributed by atoms with van der Waals surface area (Å²) < 4.78 is 5.48. The van der Waals surface area contributed by atoms with Crippen LogP contribution in [0.15, 0.2) is 12.4 Å². The van der Waals surface area contributed by atoms with E-state index in [2.05, 4.69) is 29.1 Å². The van der Waals surface area contributed by atoms with Crippen molar-refractivity contribution in [3.05, 3.63) is 12.4 Å². The van der Waals surface area contributed by atoms with Gasteiger partial charge in [0.25, 0.3) is 0 Å². The Morgan fingerprint density at radius 3 is 2.87 bits per heavy atom. The minimum Gasteiger partial charge on any atom is -0.478 e. The minimum atomic E-state index is 0.650. The van der Waals surface area contributed by atoms with Gasteiger partial charge in [0.2, 0.25) is 5.88 Å². The number of ether oxygens (including phenoxy) is 1. The molecule has 84 valence electrons. The SMILES string of the molecule is CCCCOc1cc(NCCC)ncn1. The highest BCUT2D eigenvalue weighted by Crippen LogP contribution is 2.11. The van der Waals surface area contributed by atoms with Crippen molar-refractivity contribution in [2.75, 3.05) is 18.5 Å². The second kappa shape index (κ2) is 7.04. The lowest BCUT2D eigenvalue weighted by molar-refractivity contribution is 0.297. The maximum Gasteiger partial charge on any atom is 0.218 e. The van der Waals surface area contributed by atoms with Gasteiger partial charge in [0.15, 0.2) is 0 Å². The average Bonchev–Trinajstić information content (AvgIpc) is 2.27. The summed E-state index contributed by atoms with van der Waals surface area (Å²) in [6.07, 6.45) is 4.79. The van der Waals surface area contributed by atoms with Crippen molar-refractivity contribution in [1.82, 2.24) is 9.97 Å². The molecule has 0 saturated carbocycles. The van der Waals surface area contributed by atoms with Crippen LogP contribution in [0.25, 0.3) is 0 Å². The first-order valence-electron chi connectivity index (χ1n) is 5.55. The van der Waals surface area contributed by atoms with Crippen LogP contribution >= 0.6 is 0 Å². The predicted molar refractivity (Wildman–Crippen MR) is 61.2 cm³/mol. The summed E-state index contributed by atoms with van der Waals surface area (Å²) in [4.78, 5) is 8.15. The van der Waals surface area contributed by atoms with Crippen molar-refractivity contribution in [3.8, 4) is 5.88 Å². The summed E-state index contributed by atoms with van der Waals surface area (Å²) in [5.41, 5.74) is 0. The van der Waals surface area contributed by atoms with E-state index in [1.807, 2.05) is 6.07 Å². The van der Waals surface area contributed by atoms with Gasteiger partial charge in [-0.2, -0.15) is 0 Å². The van der Waals surface area contributed by atoms with Crippen LogP contribution in [0.1, 0.15) is 33.1 Å². The Bertz CT molecular complexity index is 278. The molecule has 0 bridgehead atoms. The lowest BCUT2D eigenvalue weighted by Crippen LogP contribution is -2.04. The number of rotatable bonds is 7. The fourth-order valence-corrected chi connectivity index (χ4v) is 1.09. The standard InChI is InChI=1S/C11H19N3O/c1-3-5-7-15-11-8-10(12-6-4-2)13-9-14-11/h8-9H,3-7H2,1-2H3,(H,12,13,14). The van der Waals surface area contributed by atoms with Crippen LogP contribution in [-0.4, -0.2) is 23.1 Å². The van der Waals surface area contributed by atoms with E-state index in [4.69, 9.17) is 4.74 Å². The Balaban J connectivity index is 2.42. The minimum absolute atomic E-state index is 0.650. The van der Waals surface area contributed by atoms with Gasteiger partial charge in [-0.15, -0.1) is 0 Å². The van der Waals surface area contributed by atoms with Gasteiger partial charge in [-0.1, -0.05) is 20.3 Å². The molecule has 0 fully saturated rings. The molecule has 1 rings (SSSR count). The number of aromatic nitrogens is 2. The third kappa shape index (κ3) is 4.63. The molecule has 0 amide bonds. The summed E-state index contributed by atoms with van der Waals surface area (Å²) in [6.45, 7) is 5.90. The Morgan fingerprint density at radius 1 is 1.27 bits per heavy atom. The molecule has 0 radical (unpaired) electrons. The third-order valence-electron chi connectivity index (χ3n) is 1.95. The zero-order valence-corrected chi connectivity index (χ0v) is 9.49. The number of nitrogens with one attached hydrogen (secondary N) is 1. The Kier molecular flexibility index (Phi) is 5.51. The maximum atomic E-state index is 5.48. The molecule has 4 nitrogen and oxygen atoms in total. The van der Waals surface area contributed by atoms with Crippen LogP contribution in [0.3, 0.4) is 0 Å². The summed E-state index contributed by atoms with van der Waals surface area (Å²) in [5.74, 6) is 1.48. The van der Waals surface area contributed by atoms with Gasteiger partial charge in [-0.05, 0) is 12.8 Å². The van der Waals surface area contributed by atoms with Gasteiger partial charge in [-0.3, -0.25) is 0 Å². The summed E-state index contributed by atoms with van der Waals surface area (Å²) >= 11 is 0. The molecule has 4 heteroatoms. The number of anilines is 1. The van der Waals surface area contributed by atoms with E-state index >= 15 is 0 Å². The smallest absolute Gasteiger partial charge is 0.218 e. The first-order chi connectivity index (χ1) is 7.36. The molecule has 0 atom stereocenters. The normalized spacial score (nSPS) is 10.0. The van der Waals surface area contributed by atoms with Crippen molar-refractivity contribution >= 4 is 5.82 Å². The molecule has 0 saturated heterocycles. The van der Waals surface area contributed by atoms with Crippen LogP contribution < -0.4 is 10.1 Å². The molecule has 0 aliphatic carbocycles. The predicted octanol–water partition coefficient (Wildman–Crippen LogP) is 2.48. The monoisotopic (exact) mass is 209 g/mol. The van der Waals surface area contributed by atoms with E-state index in [0.717, 1.165) is 38.2 Å². The van der Waals surface area contributed by atoms with Crippen LogP contribution in [0, 0.1) is 0 Å². The average molecular weight is 209 g/mol. The molecule has 0 aliphatic rings. The highest BCUT2D eigenvalue weighted by Gasteiger charge is 1.98. The van der Waals surface area contributed by atoms with Crippen molar-refractivity contribution < 1.29 is 4.74 Å². The highest BCUT2D eigenvalue weighted by atomic mass is 16.5. The fourth-order valence-electron chi connectivity index (χ4n) is 1.09. The van der Waals surface area contributed by atoms with Gasteiger partial charge < -0.3 is 10.1 Å². The Morgan fingerprint density at radius 2 is 2.13 bits per heavy atom. The van der Waals surface area contributed by atoms with Crippen molar-refractivity contribution in [1.29, 1.82) is 0 Å². The van der Waals surface area contributed by atoms with Crippen LogP contribution in [0.4, 0.5) is 5.82 Å². The van der Waals surface area contributed by atoms with E-state index in [1.54, 1.807) is 0 Å². The largest absolute Gasteiger partial charge is 0.478 e. The van der Waals surface area contributed by atoms with E-state index in [1.165, 1.54) is 6.33 Å². The van der Waals surface area contributed by atoms with Crippen molar-refractivity contribution in [2.45, 2.75) is 33.1 Å². The Hall–Kier alpha value is -1.32. The molecule has 0 aliphatic heterocycles. The zero-order chi connectivity index (χ0) is 10.9. The molecular weight excluding hydrogens is 190 g/mol. The highest BCUT2D eigenvalue weighted by molar-refractivity contribution is 5.36. The third-order valence-corrected chi connectivity index (χ3v) is 1.95. The fraction of sp³-hybridized carbons (Fsp3) is 0.636. The number of hydrogen-bond donors (Lipinski definition) is 1. The van der Waals surface area contributed by atoms with E-state index in [0.29, 0.717) is 5.88 Å². The molecule has 1 aromatic rings. The molecule has 1 aromatic heterocycles. The topological polar surface area (TPSA) is 47.0 Å². The van der Waals surface area contributed by atoms with Crippen LogP contribution in [-0.2, 0) is 0 Å². The lowest BCUT2D eigenvalue weighted by Gasteiger charge is -2.06. The molecule has 0 unspecified atom stereocenters. The molecule has 1 heterocycles. The molecular formula is C11H19N3O. The van der Waals surface area contributed by atoms with E-state index in [9.17, 15) is 0 Å². The molecule has 1 N–H and O–H groups in total. The van der Waals surface area contributed by atoms with Crippen LogP contribution in [0.2, 0.25) is 0 Å². The van der Waals surface area contributed by atoms with Crippen molar-refractivity contribution in [2.24, 2.45) is 0 Å². The van der Waals surface area contributed by atoms with Gasteiger partial charge in [0, 0.05) is 12.6 Å². The van der Waals surface area contributed by atoms with Gasteiger partial charge in [0.05, 0.1) is 6.61 Å². The van der Waals surface area contributed by atoms with E-state index < -0.39 is 0 Å².